The Bertz CT molecular complexity index is 402. The molecule has 4 heteroatoms. The number of H-pyrrole nitrogens is 1. The number of Topliss-reactive ketones (excluding diaryl/α,β-unsaturated/α-hetero) is 2. The molecule has 0 amide bonds. The molecule has 0 bridgehead atoms. The van der Waals surface area contributed by atoms with Crippen molar-refractivity contribution in [2.24, 2.45) is 0 Å². The minimum Gasteiger partial charge on any atom is -0.341 e. The molecule has 4 nitrogen and oxygen atoms in total. The van der Waals surface area contributed by atoms with E-state index in [-0.39, 0.29) is 17.3 Å². The molecule has 1 aromatic heterocycles. The van der Waals surface area contributed by atoms with Crippen LogP contribution in [0.25, 0.3) is 0 Å². The van der Waals surface area contributed by atoms with Gasteiger partial charge < -0.3 is 4.98 Å². The third-order valence-electron chi connectivity index (χ3n) is 2.33. The van der Waals surface area contributed by atoms with Crippen LogP contribution in [0.15, 0.2) is 17.5 Å². The Balaban J connectivity index is 2.71. The fourth-order valence-electron chi connectivity index (χ4n) is 1.35. The number of allylic oxidation sites excluding steroid dienone is 2. The van der Waals surface area contributed by atoms with Gasteiger partial charge in [0.2, 0.25) is 11.6 Å². The second-order valence-electron chi connectivity index (χ2n) is 3.03. The molecule has 1 N–H and O–H groups in total. The first-order chi connectivity index (χ1) is 6.13. The van der Waals surface area contributed by atoms with Crippen LogP contribution in [-0.4, -0.2) is 21.5 Å². The number of rotatable bonds is 0. The van der Waals surface area contributed by atoms with Gasteiger partial charge in [0, 0.05) is 11.1 Å². The molecule has 66 valence electrons. The van der Waals surface area contributed by atoms with Crippen molar-refractivity contribution in [2.75, 3.05) is 0 Å². The van der Waals surface area contributed by atoms with Crippen molar-refractivity contribution in [2.45, 2.75) is 13.8 Å². The van der Waals surface area contributed by atoms with Gasteiger partial charge in [0.1, 0.15) is 11.4 Å². The zero-order valence-electron chi connectivity index (χ0n) is 7.34. The molecule has 13 heavy (non-hydrogen) atoms. The maximum atomic E-state index is 11.6. The van der Waals surface area contributed by atoms with Crippen LogP contribution in [0.3, 0.4) is 0 Å². The second kappa shape index (κ2) is 2.39. The quantitative estimate of drug-likeness (QED) is 0.644. The highest BCUT2D eigenvalue weighted by molar-refractivity contribution is 6.24. The van der Waals surface area contributed by atoms with Crippen LogP contribution in [0.2, 0.25) is 0 Å². The Morgan fingerprint density at radius 1 is 1.15 bits per heavy atom. The summed E-state index contributed by atoms with van der Waals surface area (Å²) in [6.45, 7) is 3.30. The number of hydrogen-bond acceptors (Lipinski definition) is 3. The van der Waals surface area contributed by atoms with Crippen molar-refractivity contribution in [1.82, 2.24) is 9.97 Å². The summed E-state index contributed by atoms with van der Waals surface area (Å²) >= 11 is 0. The number of ketones is 2. The molecule has 0 spiro atoms. The lowest BCUT2D eigenvalue weighted by molar-refractivity contribution is 0.0970. The van der Waals surface area contributed by atoms with Gasteiger partial charge in [0.15, 0.2) is 0 Å². The van der Waals surface area contributed by atoms with Gasteiger partial charge >= 0.3 is 0 Å². The average molecular weight is 176 g/mol. The van der Waals surface area contributed by atoms with Crippen LogP contribution in [0, 0.1) is 0 Å². The molecular formula is C9H8N2O2. The summed E-state index contributed by atoms with van der Waals surface area (Å²) < 4.78 is 0. The molecule has 0 saturated carbocycles. The highest BCUT2D eigenvalue weighted by Gasteiger charge is 2.29. The van der Waals surface area contributed by atoms with Crippen LogP contribution in [-0.2, 0) is 0 Å². The first kappa shape index (κ1) is 7.91. The molecule has 1 aliphatic rings. The van der Waals surface area contributed by atoms with Gasteiger partial charge in [-0.2, -0.15) is 0 Å². The molecule has 2 rings (SSSR count). The number of imidazole rings is 1. The van der Waals surface area contributed by atoms with Crippen molar-refractivity contribution < 1.29 is 9.59 Å². The third kappa shape index (κ3) is 0.884. The number of nitrogens with zero attached hydrogens (tertiary/aromatic N) is 1. The zero-order chi connectivity index (χ0) is 9.59. The van der Waals surface area contributed by atoms with E-state index in [1.807, 2.05) is 0 Å². The van der Waals surface area contributed by atoms with Gasteiger partial charge in [-0.3, -0.25) is 9.59 Å². The van der Waals surface area contributed by atoms with E-state index in [9.17, 15) is 9.59 Å². The van der Waals surface area contributed by atoms with Gasteiger partial charge in [0.25, 0.3) is 0 Å². The van der Waals surface area contributed by atoms with E-state index in [4.69, 9.17) is 0 Å². The Morgan fingerprint density at radius 2 is 1.77 bits per heavy atom. The summed E-state index contributed by atoms with van der Waals surface area (Å²) in [6, 6.07) is 0. The molecule has 0 atom stereocenters. The van der Waals surface area contributed by atoms with Gasteiger partial charge in [-0.25, -0.2) is 4.98 Å². The summed E-state index contributed by atoms with van der Waals surface area (Å²) in [6.07, 6.45) is 1.37. The fraction of sp³-hybridized carbons (Fsp3) is 0.222. The van der Waals surface area contributed by atoms with Crippen LogP contribution in [0.1, 0.15) is 34.8 Å². The van der Waals surface area contributed by atoms with Crippen molar-refractivity contribution in [1.29, 1.82) is 0 Å². The van der Waals surface area contributed by atoms with E-state index in [2.05, 4.69) is 9.97 Å². The van der Waals surface area contributed by atoms with Crippen molar-refractivity contribution in [3.8, 4) is 0 Å². The monoisotopic (exact) mass is 176 g/mol. The summed E-state index contributed by atoms with van der Waals surface area (Å²) in [5.74, 6) is -0.294. The van der Waals surface area contributed by atoms with E-state index in [0.717, 1.165) is 0 Å². The molecule has 0 radical (unpaired) electrons. The van der Waals surface area contributed by atoms with E-state index in [1.54, 1.807) is 13.8 Å². The van der Waals surface area contributed by atoms with Gasteiger partial charge in [0.05, 0.1) is 6.33 Å². The SMILES string of the molecule is CC1=C(C)C(=O)c2[nH]cnc2C1=O. The van der Waals surface area contributed by atoms with Crippen molar-refractivity contribution >= 4 is 11.6 Å². The minimum absolute atomic E-state index is 0.135. The largest absolute Gasteiger partial charge is 0.341 e. The van der Waals surface area contributed by atoms with Crippen LogP contribution in [0.5, 0.6) is 0 Å². The maximum Gasteiger partial charge on any atom is 0.209 e. The predicted molar refractivity (Wildman–Crippen MR) is 45.6 cm³/mol. The van der Waals surface area contributed by atoms with E-state index < -0.39 is 0 Å². The number of carbonyl (C=O) groups excluding carboxylic acids is 2. The Morgan fingerprint density at radius 3 is 2.46 bits per heavy atom. The summed E-state index contributed by atoms with van der Waals surface area (Å²) in [5.41, 5.74) is 1.55. The van der Waals surface area contributed by atoms with Gasteiger partial charge in [-0.05, 0) is 13.8 Å². The first-order valence-corrected chi connectivity index (χ1v) is 3.93. The number of carbonyl (C=O) groups is 2. The van der Waals surface area contributed by atoms with Crippen molar-refractivity contribution in [3.63, 3.8) is 0 Å². The Hall–Kier alpha value is -1.71. The molecular weight excluding hydrogens is 168 g/mol. The van der Waals surface area contributed by atoms with Crippen molar-refractivity contribution in [3.05, 3.63) is 28.9 Å². The lowest BCUT2D eigenvalue weighted by Gasteiger charge is -2.10. The number of fused-ring (bicyclic) bond motifs is 1. The van der Waals surface area contributed by atoms with Crippen LogP contribution >= 0.6 is 0 Å². The average Bonchev–Trinajstić information content (AvgIpc) is 2.59. The zero-order valence-corrected chi connectivity index (χ0v) is 7.34. The molecule has 0 aliphatic heterocycles. The fourth-order valence-corrected chi connectivity index (χ4v) is 1.35. The molecule has 0 aromatic carbocycles. The second-order valence-corrected chi connectivity index (χ2v) is 3.03. The van der Waals surface area contributed by atoms with E-state index in [1.165, 1.54) is 6.33 Å². The lowest BCUT2D eigenvalue weighted by Crippen LogP contribution is -2.19. The van der Waals surface area contributed by atoms with Crippen LogP contribution in [0.4, 0.5) is 0 Å². The number of hydrogen-bond donors (Lipinski definition) is 1. The minimum atomic E-state index is -0.159. The number of nitrogens with one attached hydrogen (secondary N) is 1. The highest BCUT2D eigenvalue weighted by Crippen LogP contribution is 2.22. The smallest absolute Gasteiger partial charge is 0.209 e. The number of aromatic amines is 1. The van der Waals surface area contributed by atoms with Gasteiger partial charge in [-0.1, -0.05) is 0 Å². The molecule has 0 fully saturated rings. The molecule has 1 aliphatic carbocycles. The topological polar surface area (TPSA) is 62.8 Å². The summed E-state index contributed by atoms with van der Waals surface area (Å²) in [4.78, 5) is 29.6. The summed E-state index contributed by atoms with van der Waals surface area (Å²) in [5, 5.41) is 0. The normalized spacial score (nSPS) is 16.5. The highest BCUT2D eigenvalue weighted by atomic mass is 16.1. The number of aromatic nitrogens is 2. The van der Waals surface area contributed by atoms with Crippen LogP contribution < -0.4 is 0 Å². The molecule has 0 unspecified atom stereocenters. The molecule has 1 heterocycles. The predicted octanol–water partition coefficient (Wildman–Crippen LogP) is 1.13. The molecule has 1 aromatic rings. The Labute approximate surface area is 74.7 Å². The molecule has 0 saturated heterocycles. The maximum absolute atomic E-state index is 11.6. The first-order valence-electron chi connectivity index (χ1n) is 3.93. The van der Waals surface area contributed by atoms with Gasteiger partial charge in [-0.15, -0.1) is 0 Å². The van der Waals surface area contributed by atoms with E-state index >= 15 is 0 Å². The lowest BCUT2D eigenvalue weighted by atomic mass is 9.92. The standard InChI is InChI=1S/C9H8N2O2/c1-4-5(2)9(13)7-6(8(4)12)10-3-11-7/h3H,1-2H3,(H,10,11). The third-order valence-corrected chi connectivity index (χ3v) is 2.33. The van der Waals surface area contributed by atoms with E-state index in [0.29, 0.717) is 16.8 Å². The summed E-state index contributed by atoms with van der Waals surface area (Å²) in [7, 11) is 0. The Kier molecular flexibility index (Phi) is 1.45.